The number of fused-ring (bicyclic) bond motifs is 1. The number of hydrogen-bond acceptors (Lipinski definition) is 2. The van der Waals surface area contributed by atoms with Gasteiger partial charge in [0.2, 0.25) is 0 Å². The number of methoxy groups -OCH3 is 1. The number of rotatable bonds is 3. The molecule has 1 saturated carbocycles. The van der Waals surface area contributed by atoms with Crippen LogP contribution in [0.25, 0.3) is 10.9 Å². The van der Waals surface area contributed by atoms with Gasteiger partial charge in [-0.25, -0.2) is 0 Å². The fourth-order valence-corrected chi connectivity index (χ4v) is 3.59. The summed E-state index contributed by atoms with van der Waals surface area (Å²) in [6.07, 6.45) is 6.01. The first kappa shape index (κ1) is 13.5. The van der Waals surface area contributed by atoms with Crippen LogP contribution in [0.15, 0.2) is 30.5 Å². The second-order valence-corrected chi connectivity index (χ2v) is 6.13. The van der Waals surface area contributed by atoms with E-state index in [1.54, 1.807) is 7.11 Å². The maximum absolute atomic E-state index is 6.00. The Labute approximate surface area is 120 Å². The van der Waals surface area contributed by atoms with Gasteiger partial charge in [-0.1, -0.05) is 13.3 Å². The van der Waals surface area contributed by atoms with Gasteiger partial charge >= 0.3 is 0 Å². The van der Waals surface area contributed by atoms with Crippen LogP contribution in [0.1, 0.15) is 32.2 Å². The maximum Gasteiger partial charge on any atom is 0.119 e. The van der Waals surface area contributed by atoms with Crippen molar-refractivity contribution in [2.45, 2.75) is 32.2 Å². The van der Waals surface area contributed by atoms with E-state index >= 15 is 0 Å². The van der Waals surface area contributed by atoms with E-state index in [2.05, 4.69) is 35.9 Å². The molecule has 20 heavy (non-hydrogen) atoms. The van der Waals surface area contributed by atoms with Crippen molar-refractivity contribution in [3.05, 3.63) is 30.5 Å². The quantitative estimate of drug-likeness (QED) is 0.927. The van der Waals surface area contributed by atoms with E-state index in [0.717, 1.165) is 18.2 Å². The third kappa shape index (κ3) is 2.31. The zero-order chi connectivity index (χ0) is 14.1. The molecule has 0 amide bonds. The first-order valence-electron chi connectivity index (χ1n) is 7.57. The predicted molar refractivity (Wildman–Crippen MR) is 83.1 cm³/mol. The Morgan fingerprint density at radius 2 is 2.15 bits per heavy atom. The third-order valence-corrected chi connectivity index (χ3v) is 4.81. The van der Waals surface area contributed by atoms with Gasteiger partial charge in [-0.15, -0.1) is 0 Å². The average Bonchev–Trinajstić information content (AvgIpc) is 2.89. The van der Waals surface area contributed by atoms with Gasteiger partial charge in [0.15, 0.2) is 0 Å². The molecular formula is C17H24N2O. The number of aromatic nitrogens is 1. The molecule has 0 radical (unpaired) electrons. The van der Waals surface area contributed by atoms with Crippen molar-refractivity contribution in [3.63, 3.8) is 0 Å². The normalized spacial score (nSPS) is 26.9. The summed E-state index contributed by atoms with van der Waals surface area (Å²) in [6, 6.07) is 9.04. The highest BCUT2D eigenvalue weighted by Gasteiger charge is 2.29. The summed E-state index contributed by atoms with van der Waals surface area (Å²) in [4.78, 5) is 0. The van der Waals surface area contributed by atoms with Crippen molar-refractivity contribution in [1.82, 2.24) is 4.57 Å². The highest BCUT2D eigenvalue weighted by molar-refractivity contribution is 5.81. The fourth-order valence-electron chi connectivity index (χ4n) is 3.59. The molecule has 3 rings (SSSR count). The van der Waals surface area contributed by atoms with Crippen molar-refractivity contribution in [2.75, 3.05) is 13.7 Å². The highest BCUT2D eigenvalue weighted by Crippen LogP contribution is 2.38. The molecule has 0 saturated heterocycles. The molecule has 3 atom stereocenters. The first-order valence-corrected chi connectivity index (χ1v) is 7.57. The summed E-state index contributed by atoms with van der Waals surface area (Å²) in [5.41, 5.74) is 7.30. The molecule has 1 aromatic heterocycles. The topological polar surface area (TPSA) is 40.2 Å². The Morgan fingerprint density at radius 1 is 1.30 bits per heavy atom. The second kappa shape index (κ2) is 5.49. The second-order valence-electron chi connectivity index (χ2n) is 6.13. The summed E-state index contributed by atoms with van der Waals surface area (Å²) in [5.74, 6) is 2.31. The third-order valence-electron chi connectivity index (χ3n) is 4.81. The Balaban J connectivity index is 1.99. The number of benzene rings is 1. The van der Waals surface area contributed by atoms with E-state index in [1.165, 1.54) is 30.2 Å². The number of nitrogens with zero attached hydrogens (tertiary/aromatic N) is 1. The number of ether oxygens (including phenoxy) is 1. The summed E-state index contributed by atoms with van der Waals surface area (Å²) in [5, 5.41) is 1.25. The molecule has 1 fully saturated rings. The van der Waals surface area contributed by atoms with Gasteiger partial charge in [-0.05, 0) is 55.5 Å². The molecule has 0 spiro atoms. The molecule has 2 N–H and O–H groups in total. The first-order chi connectivity index (χ1) is 9.72. The molecule has 2 aromatic rings. The van der Waals surface area contributed by atoms with Crippen LogP contribution in [0.2, 0.25) is 0 Å². The lowest BCUT2D eigenvalue weighted by Gasteiger charge is -2.35. The molecular weight excluding hydrogens is 248 g/mol. The minimum atomic E-state index is 0.537. The molecule has 1 aliphatic carbocycles. The van der Waals surface area contributed by atoms with Crippen molar-refractivity contribution < 1.29 is 4.74 Å². The van der Waals surface area contributed by atoms with Crippen LogP contribution < -0.4 is 10.5 Å². The van der Waals surface area contributed by atoms with E-state index in [-0.39, 0.29) is 0 Å². The lowest BCUT2D eigenvalue weighted by atomic mass is 9.79. The maximum atomic E-state index is 6.00. The molecule has 0 bridgehead atoms. The van der Waals surface area contributed by atoms with Crippen LogP contribution in [0.3, 0.4) is 0 Å². The van der Waals surface area contributed by atoms with Gasteiger partial charge in [-0.3, -0.25) is 0 Å². The van der Waals surface area contributed by atoms with Gasteiger partial charge in [-0.2, -0.15) is 0 Å². The van der Waals surface area contributed by atoms with E-state index in [1.807, 2.05) is 6.07 Å². The molecule has 108 valence electrons. The molecule has 1 aromatic carbocycles. The summed E-state index contributed by atoms with van der Waals surface area (Å²) >= 11 is 0. The minimum absolute atomic E-state index is 0.537. The van der Waals surface area contributed by atoms with Gasteiger partial charge in [0.05, 0.1) is 7.11 Å². The van der Waals surface area contributed by atoms with E-state index in [4.69, 9.17) is 10.5 Å². The Bertz CT molecular complexity index is 590. The van der Waals surface area contributed by atoms with Gasteiger partial charge in [0, 0.05) is 23.1 Å². The van der Waals surface area contributed by atoms with Crippen LogP contribution in [0, 0.1) is 11.8 Å². The largest absolute Gasteiger partial charge is 0.497 e. The molecule has 1 heterocycles. The lowest BCUT2D eigenvalue weighted by Crippen LogP contribution is -2.31. The summed E-state index contributed by atoms with van der Waals surface area (Å²) < 4.78 is 7.74. The van der Waals surface area contributed by atoms with E-state index in [0.29, 0.717) is 12.0 Å². The molecule has 3 unspecified atom stereocenters. The Hall–Kier alpha value is -1.48. The standard InChI is InChI=1S/C17H24N2O/c1-12-3-4-14(11-18)17(9-12)19-8-7-13-10-15(20-2)5-6-16(13)19/h5-8,10,12,14,17H,3-4,9,11,18H2,1-2H3. The SMILES string of the molecule is COc1ccc2c(ccn2C2CC(C)CCC2CN)c1. The van der Waals surface area contributed by atoms with Crippen LogP contribution in [-0.2, 0) is 0 Å². The van der Waals surface area contributed by atoms with Crippen LogP contribution in [0.5, 0.6) is 5.75 Å². The minimum Gasteiger partial charge on any atom is -0.497 e. The zero-order valence-corrected chi connectivity index (χ0v) is 12.4. The number of hydrogen-bond donors (Lipinski definition) is 1. The van der Waals surface area contributed by atoms with Crippen molar-refractivity contribution in [1.29, 1.82) is 0 Å². The van der Waals surface area contributed by atoms with Crippen LogP contribution in [-0.4, -0.2) is 18.2 Å². The van der Waals surface area contributed by atoms with E-state index in [9.17, 15) is 0 Å². The van der Waals surface area contributed by atoms with Crippen molar-refractivity contribution in [2.24, 2.45) is 17.6 Å². The van der Waals surface area contributed by atoms with Crippen LogP contribution >= 0.6 is 0 Å². The lowest BCUT2D eigenvalue weighted by molar-refractivity contribution is 0.202. The summed E-state index contributed by atoms with van der Waals surface area (Å²) in [7, 11) is 1.71. The highest BCUT2D eigenvalue weighted by atomic mass is 16.5. The van der Waals surface area contributed by atoms with Gasteiger partial charge in [0.1, 0.15) is 5.75 Å². The van der Waals surface area contributed by atoms with Crippen molar-refractivity contribution in [3.8, 4) is 5.75 Å². The van der Waals surface area contributed by atoms with Crippen LogP contribution in [0.4, 0.5) is 0 Å². The Morgan fingerprint density at radius 3 is 2.90 bits per heavy atom. The Kier molecular flexibility index (Phi) is 3.70. The smallest absolute Gasteiger partial charge is 0.119 e. The molecule has 3 nitrogen and oxygen atoms in total. The average molecular weight is 272 g/mol. The molecule has 0 aliphatic heterocycles. The van der Waals surface area contributed by atoms with E-state index < -0.39 is 0 Å². The van der Waals surface area contributed by atoms with Crippen molar-refractivity contribution >= 4 is 10.9 Å². The zero-order valence-electron chi connectivity index (χ0n) is 12.4. The summed E-state index contributed by atoms with van der Waals surface area (Å²) in [6.45, 7) is 3.14. The number of nitrogens with two attached hydrogens (primary N) is 1. The predicted octanol–water partition coefficient (Wildman–Crippen LogP) is 3.59. The molecule has 3 heteroatoms. The van der Waals surface area contributed by atoms with Gasteiger partial charge in [0.25, 0.3) is 0 Å². The monoisotopic (exact) mass is 272 g/mol. The fraction of sp³-hybridized carbons (Fsp3) is 0.529. The molecule has 1 aliphatic rings. The van der Waals surface area contributed by atoms with Gasteiger partial charge < -0.3 is 15.0 Å².